The van der Waals surface area contributed by atoms with Crippen LogP contribution in [0.3, 0.4) is 0 Å². The lowest BCUT2D eigenvalue weighted by atomic mass is 10.1. The van der Waals surface area contributed by atoms with E-state index in [1.54, 1.807) is 24.3 Å². The molecule has 0 radical (unpaired) electrons. The Bertz CT molecular complexity index is 1070. The quantitative estimate of drug-likeness (QED) is 0.275. The summed E-state index contributed by atoms with van der Waals surface area (Å²) in [5, 5.41) is 13.7. The third-order valence-corrected chi connectivity index (χ3v) is 5.39. The molecule has 3 aromatic rings. The predicted octanol–water partition coefficient (Wildman–Crippen LogP) is 2.74. The minimum absolute atomic E-state index is 0.219. The molecule has 0 aliphatic rings. The minimum Gasteiger partial charge on any atom is -0.383 e. The largest absolute Gasteiger partial charge is 0.383 e. The molecule has 9 heteroatoms. The van der Waals surface area contributed by atoms with E-state index in [0.717, 1.165) is 23.2 Å². The van der Waals surface area contributed by atoms with Crippen molar-refractivity contribution < 1.29 is 12.6 Å². The van der Waals surface area contributed by atoms with Gasteiger partial charge in [-0.1, -0.05) is 42.5 Å². The fraction of sp³-hybridized carbons (Fsp3) is 0.211. The van der Waals surface area contributed by atoms with Crippen LogP contribution < -0.4 is 10.0 Å². The zero-order valence-corrected chi connectivity index (χ0v) is 17.1. The first-order chi connectivity index (χ1) is 13.4. The number of aryl methyl sites for hydroxylation is 1. The highest BCUT2D eigenvalue weighted by molar-refractivity contribution is 7.86. The number of aromatic nitrogens is 2. The van der Waals surface area contributed by atoms with Gasteiger partial charge < -0.3 is 10.0 Å². The highest BCUT2D eigenvalue weighted by Crippen LogP contribution is 2.21. The number of rotatable bonds is 7. The highest BCUT2D eigenvalue weighted by atomic mass is 32.2. The molecule has 0 saturated carbocycles. The zero-order valence-electron chi connectivity index (χ0n) is 15.5. The Morgan fingerprint density at radius 3 is 2.29 bits per heavy atom. The van der Waals surface area contributed by atoms with Gasteiger partial charge in [0.15, 0.2) is 5.01 Å². The van der Waals surface area contributed by atoms with Crippen LogP contribution in [0.15, 0.2) is 53.6 Å². The van der Waals surface area contributed by atoms with Gasteiger partial charge in [-0.15, -0.1) is 10.2 Å². The van der Waals surface area contributed by atoms with Crippen LogP contribution in [0.4, 0.5) is 0 Å². The summed E-state index contributed by atoms with van der Waals surface area (Å²) in [6, 6.07) is 14.9. The molecular weight excluding hydrogens is 396 g/mol. The number of nitrogens with zero attached hydrogens (tertiary/aromatic N) is 3. The number of hydrogen-bond donors (Lipinski definition) is 1. The Morgan fingerprint density at radius 1 is 1.07 bits per heavy atom. The summed E-state index contributed by atoms with van der Waals surface area (Å²) in [5.74, 6) is 5.79. The molecule has 3 rings (SSSR count). The lowest BCUT2D eigenvalue weighted by Crippen LogP contribution is -2.08. The molecule has 1 heterocycles. The Kier molecular flexibility index (Phi) is 6.05. The Balaban J connectivity index is 1.76. The van der Waals surface area contributed by atoms with E-state index < -0.39 is 10.1 Å². The Labute approximate surface area is 168 Å². The molecular formula is C19H20N4O3S2. The van der Waals surface area contributed by atoms with Gasteiger partial charge in [-0.25, -0.2) is 0 Å². The van der Waals surface area contributed by atoms with Crippen molar-refractivity contribution in [1.29, 1.82) is 0 Å². The van der Waals surface area contributed by atoms with Crippen molar-refractivity contribution in [3.8, 4) is 5.75 Å². The molecule has 2 aromatic carbocycles. The summed E-state index contributed by atoms with van der Waals surface area (Å²) in [7, 11) is -3.57. The maximum atomic E-state index is 11.2. The molecule has 0 atom stereocenters. The molecule has 0 spiro atoms. The third kappa shape index (κ3) is 5.14. The summed E-state index contributed by atoms with van der Waals surface area (Å²) in [6.45, 7) is 2.12. The maximum Gasteiger partial charge on any atom is 0.306 e. The second kappa shape index (κ2) is 8.49. The van der Waals surface area contributed by atoms with Crippen LogP contribution in [0.2, 0.25) is 0 Å². The van der Waals surface area contributed by atoms with Crippen molar-refractivity contribution in [2.75, 3.05) is 6.26 Å². The molecule has 28 heavy (non-hydrogen) atoms. The molecule has 0 aliphatic carbocycles. The number of hydrazone groups is 1. The second-order valence-corrected chi connectivity index (χ2v) is 8.77. The van der Waals surface area contributed by atoms with Crippen molar-refractivity contribution in [3.05, 3.63) is 75.2 Å². The average molecular weight is 417 g/mol. The smallest absolute Gasteiger partial charge is 0.306 e. The summed E-state index contributed by atoms with van der Waals surface area (Å²) in [6.07, 6.45) is 2.68. The SMILES string of the molecule is CCc1ccc(Cc2nnc(/C(=N/N)c3ccc(OS(C)(=O)=O)cc3)s2)cc1. The van der Waals surface area contributed by atoms with Crippen LogP contribution in [0, 0.1) is 0 Å². The molecule has 0 saturated heterocycles. The fourth-order valence-corrected chi connectivity index (χ4v) is 3.94. The predicted molar refractivity (Wildman–Crippen MR) is 110 cm³/mol. The van der Waals surface area contributed by atoms with Gasteiger partial charge in [-0.05, 0) is 41.8 Å². The van der Waals surface area contributed by atoms with Crippen LogP contribution in [0.5, 0.6) is 5.75 Å². The van der Waals surface area contributed by atoms with E-state index in [9.17, 15) is 8.42 Å². The van der Waals surface area contributed by atoms with Gasteiger partial charge >= 0.3 is 10.1 Å². The highest BCUT2D eigenvalue weighted by Gasteiger charge is 2.14. The lowest BCUT2D eigenvalue weighted by molar-refractivity contribution is 0.493. The Hall–Kier alpha value is -2.78. The van der Waals surface area contributed by atoms with Crippen molar-refractivity contribution in [2.24, 2.45) is 10.9 Å². The summed E-state index contributed by atoms with van der Waals surface area (Å²) in [5.41, 5.74) is 3.63. The average Bonchev–Trinajstić information content (AvgIpc) is 3.11. The van der Waals surface area contributed by atoms with E-state index in [1.165, 1.54) is 16.9 Å². The topological polar surface area (TPSA) is 108 Å². The first-order valence-corrected chi connectivity index (χ1v) is 11.2. The second-order valence-electron chi connectivity index (χ2n) is 6.14. The summed E-state index contributed by atoms with van der Waals surface area (Å²) in [4.78, 5) is 0. The summed E-state index contributed by atoms with van der Waals surface area (Å²) < 4.78 is 27.2. The number of benzene rings is 2. The van der Waals surface area contributed by atoms with Crippen molar-refractivity contribution >= 4 is 27.2 Å². The van der Waals surface area contributed by atoms with Gasteiger partial charge in [0.1, 0.15) is 16.5 Å². The van der Waals surface area contributed by atoms with Gasteiger partial charge in [0.25, 0.3) is 0 Å². The van der Waals surface area contributed by atoms with Crippen molar-refractivity contribution in [3.63, 3.8) is 0 Å². The first-order valence-electron chi connectivity index (χ1n) is 8.56. The van der Waals surface area contributed by atoms with Gasteiger partial charge in [-0.2, -0.15) is 13.5 Å². The molecule has 0 bridgehead atoms. The van der Waals surface area contributed by atoms with Crippen LogP contribution >= 0.6 is 11.3 Å². The van der Waals surface area contributed by atoms with Crippen LogP contribution in [0.1, 0.15) is 33.6 Å². The minimum atomic E-state index is -3.57. The van der Waals surface area contributed by atoms with Gasteiger partial charge in [0, 0.05) is 12.0 Å². The van der Waals surface area contributed by atoms with Crippen molar-refractivity contribution in [1.82, 2.24) is 10.2 Å². The Morgan fingerprint density at radius 2 is 1.71 bits per heavy atom. The monoisotopic (exact) mass is 416 g/mol. The standard InChI is InChI=1S/C19H20N4O3S2/c1-3-13-4-6-14(7-5-13)12-17-22-23-19(27-17)18(21-20)15-8-10-16(11-9-15)26-28(2,24)25/h4-11H,3,12,20H2,1-2H3/b21-18+. The fourth-order valence-electron chi connectivity index (χ4n) is 2.58. The maximum absolute atomic E-state index is 11.2. The molecule has 0 unspecified atom stereocenters. The summed E-state index contributed by atoms with van der Waals surface area (Å²) >= 11 is 1.42. The zero-order chi connectivity index (χ0) is 20.1. The van der Waals surface area contributed by atoms with Crippen LogP contribution in [-0.2, 0) is 23.0 Å². The van der Waals surface area contributed by atoms with Gasteiger partial charge in [-0.3, -0.25) is 0 Å². The first kappa shape index (κ1) is 20.0. The molecule has 0 fully saturated rings. The molecule has 0 amide bonds. The van der Waals surface area contributed by atoms with Crippen LogP contribution in [0.25, 0.3) is 0 Å². The molecule has 0 aliphatic heterocycles. The van der Waals surface area contributed by atoms with E-state index in [-0.39, 0.29) is 5.75 Å². The third-order valence-electron chi connectivity index (χ3n) is 3.96. The van der Waals surface area contributed by atoms with E-state index in [4.69, 9.17) is 10.0 Å². The number of nitrogens with two attached hydrogens (primary N) is 1. The normalized spacial score (nSPS) is 12.1. The van der Waals surface area contributed by atoms with Crippen molar-refractivity contribution in [2.45, 2.75) is 19.8 Å². The molecule has 146 valence electrons. The van der Waals surface area contributed by atoms with E-state index in [0.29, 0.717) is 22.7 Å². The molecule has 1 aromatic heterocycles. The van der Waals surface area contributed by atoms with E-state index in [1.807, 2.05) is 0 Å². The number of hydrogen-bond acceptors (Lipinski definition) is 8. The van der Waals surface area contributed by atoms with Gasteiger partial charge in [0.2, 0.25) is 0 Å². The molecule has 7 nitrogen and oxygen atoms in total. The lowest BCUT2D eigenvalue weighted by Gasteiger charge is -2.05. The van der Waals surface area contributed by atoms with Gasteiger partial charge in [0.05, 0.1) is 6.26 Å². The van der Waals surface area contributed by atoms with Crippen LogP contribution in [-0.4, -0.2) is 30.6 Å². The van der Waals surface area contributed by atoms with E-state index in [2.05, 4.69) is 46.5 Å². The van der Waals surface area contributed by atoms with E-state index >= 15 is 0 Å². The molecule has 2 N–H and O–H groups in total.